The monoisotopic (exact) mass is 573 g/mol. The lowest BCUT2D eigenvalue weighted by molar-refractivity contribution is -0.0592. The van der Waals surface area contributed by atoms with Gasteiger partial charge in [0.2, 0.25) is 0 Å². The quantitative estimate of drug-likeness (QED) is 0.222. The predicted molar refractivity (Wildman–Crippen MR) is 159 cm³/mol. The minimum atomic E-state index is -0.554. The number of nitrogens with zero attached hydrogens (tertiary/aromatic N) is 3. The van der Waals surface area contributed by atoms with Crippen molar-refractivity contribution in [2.45, 2.75) is 71.6 Å². The number of carbonyl (C=O) groups excluding carboxylic acids is 1. The summed E-state index contributed by atoms with van der Waals surface area (Å²) in [5.74, 6) is 1.51. The molecule has 41 heavy (non-hydrogen) atoms. The topological polar surface area (TPSA) is 65.8 Å². The predicted octanol–water partition coefficient (Wildman–Crippen LogP) is 6.57. The number of carbonyl (C=O) groups is 1. The van der Waals surface area contributed by atoms with Gasteiger partial charge in [-0.2, -0.15) is 0 Å². The molecular formula is C33H36ClN3O4. The van der Waals surface area contributed by atoms with Crippen LogP contribution in [0.5, 0.6) is 5.75 Å². The zero-order chi connectivity index (χ0) is 28.6. The van der Waals surface area contributed by atoms with Crippen LogP contribution in [0, 0.1) is 0 Å². The number of hydrogen-bond donors (Lipinski definition) is 0. The molecule has 0 bridgehead atoms. The van der Waals surface area contributed by atoms with Gasteiger partial charge in [0.1, 0.15) is 23.8 Å². The summed E-state index contributed by atoms with van der Waals surface area (Å²) in [6, 6.07) is 19.8. The maximum atomic E-state index is 12.8. The maximum absolute atomic E-state index is 12.8. The van der Waals surface area contributed by atoms with E-state index < -0.39 is 5.60 Å². The van der Waals surface area contributed by atoms with Crippen molar-refractivity contribution in [2.24, 2.45) is 0 Å². The first-order chi connectivity index (χ1) is 19.7. The summed E-state index contributed by atoms with van der Waals surface area (Å²) in [5.41, 5.74) is 5.47. The van der Waals surface area contributed by atoms with E-state index in [1.54, 1.807) is 6.07 Å². The highest BCUT2D eigenvalue weighted by Gasteiger charge is 2.25. The maximum Gasteiger partial charge on any atom is 0.338 e. The fourth-order valence-electron chi connectivity index (χ4n) is 5.40. The average molecular weight is 574 g/mol. The Hall–Kier alpha value is -3.39. The first kappa shape index (κ1) is 27.8. The van der Waals surface area contributed by atoms with Gasteiger partial charge in [0.15, 0.2) is 0 Å². The molecule has 214 valence electrons. The van der Waals surface area contributed by atoms with Gasteiger partial charge in [-0.1, -0.05) is 29.8 Å². The van der Waals surface area contributed by atoms with Crippen LogP contribution in [0.15, 0.2) is 60.7 Å². The molecule has 2 aliphatic heterocycles. The van der Waals surface area contributed by atoms with Crippen molar-refractivity contribution >= 4 is 28.6 Å². The first-order valence-electron chi connectivity index (χ1n) is 14.3. The largest absolute Gasteiger partial charge is 0.489 e. The molecule has 0 spiro atoms. The third-order valence-corrected chi connectivity index (χ3v) is 7.81. The van der Waals surface area contributed by atoms with E-state index in [1.165, 1.54) is 11.1 Å². The Morgan fingerprint density at radius 1 is 1.10 bits per heavy atom. The third-order valence-electron chi connectivity index (χ3n) is 7.57. The van der Waals surface area contributed by atoms with E-state index in [9.17, 15) is 4.79 Å². The van der Waals surface area contributed by atoms with E-state index in [4.69, 9.17) is 30.8 Å². The Balaban J connectivity index is 1.21. The number of ether oxygens (including phenoxy) is 3. The summed E-state index contributed by atoms with van der Waals surface area (Å²) in [5, 5.41) is 0.711. The molecule has 0 saturated carbocycles. The van der Waals surface area contributed by atoms with Crippen LogP contribution in [0.1, 0.15) is 60.1 Å². The van der Waals surface area contributed by atoms with Crippen molar-refractivity contribution in [1.82, 2.24) is 14.5 Å². The lowest BCUT2D eigenvalue weighted by atomic mass is 9.99. The van der Waals surface area contributed by atoms with E-state index in [2.05, 4.69) is 27.7 Å². The molecule has 0 radical (unpaired) electrons. The van der Waals surface area contributed by atoms with Crippen LogP contribution < -0.4 is 4.74 Å². The number of benzene rings is 3. The van der Waals surface area contributed by atoms with Gasteiger partial charge >= 0.3 is 5.97 Å². The zero-order valence-electron chi connectivity index (χ0n) is 23.9. The van der Waals surface area contributed by atoms with Gasteiger partial charge in [-0.05, 0) is 92.8 Å². The molecule has 0 aliphatic carbocycles. The molecule has 3 heterocycles. The van der Waals surface area contributed by atoms with Gasteiger partial charge in [-0.15, -0.1) is 0 Å². The summed E-state index contributed by atoms with van der Waals surface area (Å²) in [4.78, 5) is 20.3. The zero-order valence-corrected chi connectivity index (χ0v) is 24.6. The van der Waals surface area contributed by atoms with Crippen molar-refractivity contribution in [3.8, 4) is 5.75 Å². The second kappa shape index (κ2) is 11.5. The smallest absolute Gasteiger partial charge is 0.338 e. The molecule has 0 unspecified atom stereocenters. The lowest BCUT2D eigenvalue weighted by Gasteiger charge is -2.30. The standard InChI is InChI=1S/C33H36ClN3O4/c1-33(2,3)41-32(38)24-8-10-29-30(17-24)37(19-28-12-14-39-28)31(35-29)20-36-13-11-23-7-9-27(16-25(23)18-36)40-21-22-5-4-6-26(34)15-22/h4-10,15-17,28H,11-14,18-21H2,1-3H3/t28-/m0/s1. The molecular weight excluding hydrogens is 538 g/mol. The number of hydrogen-bond acceptors (Lipinski definition) is 6. The third kappa shape index (κ3) is 6.58. The van der Waals surface area contributed by atoms with Crippen molar-refractivity contribution in [1.29, 1.82) is 0 Å². The molecule has 0 N–H and O–H groups in total. The summed E-state index contributed by atoms with van der Waals surface area (Å²) in [7, 11) is 0. The van der Waals surface area contributed by atoms with Gasteiger partial charge < -0.3 is 18.8 Å². The Kier molecular flexibility index (Phi) is 7.77. The highest BCUT2D eigenvalue weighted by Crippen LogP contribution is 2.28. The minimum Gasteiger partial charge on any atom is -0.489 e. The fraction of sp³-hybridized carbons (Fsp3) is 0.394. The minimum absolute atomic E-state index is 0.164. The van der Waals surface area contributed by atoms with Crippen LogP contribution in [-0.2, 0) is 42.1 Å². The SMILES string of the molecule is CC(C)(C)OC(=O)c1ccc2nc(CN3CCc4ccc(OCc5cccc(Cl)c5)cc4C3)n(C[C@@H]3CCO3)c2c1. The Morgan fingerprint density at radius 2 is 1.95 bits per heavy atom. The van der Waals surface area contributed by atoms with E-state index in [-0.39, 0.29) is 12.1 Å². The average Bonchev–Trinajstić information content (AvgIpc) is 3.24. The van der Waals surface area contributed by atoms with Crippen LogP contribution in [0.25, 0.3) is 11.0 Å². The second-order valence-electron chi connectivity index (χ2n) is 11.9. The summed E-state index contributed by atoms with van der Waals surface area (Å²) in [6.07, 6.45) is 2.16. The highest BCUT2D eigenvalue weighted by atomic mass is 35.5. The second-order valence-corrected chi connectivity index (χ2v) is 12.4. The van der Waals surface area contributed by atoms with E-state index in [1.807, 2.05) is 57.2 Å². The van der Waals surface area contributed by atoms with Crippen molar-refractivity contribution < 1.29 is 19.0 Å². The Morgan fingerprint density at radius 3 is 2.71 bits per heavy atom. The van der Waals surface area contributed by atoms with E-state index in [0.717, 1.165) is 67.3 Å². The molecule has 4 aromatic rings. The van der Waals surface area contributed by atoms with Crippen LogP contribution in [0.4, 0.5) is 0 Å². The molecule has 1 atom stereocenters. The number of rotatable bonds is 8. The molecule has 8 heteroatoms. The summed E-state index contributed by atoms with van der Waals surface area (Å²) >= 11 is 6.13. The highest BCUT2D eigenvalue weighted by molar-refractivity contribution is 6.30. The Labute approximate surface area is 246 Å². The number of imidazole rings is 1. The van der Waals surface area contributed by atoms with Gasteiger partial charge in [0, 0.05) is 24.7 Å². The van der Waals surface area contributed by atoms with E-state index >= 15 is 0 Å². The van der Waals surface area contributed by atoms with Gasteiger partial charge in [0.05, 0.1) is 35.8 Å². The van der Waals surface area contributed by atoms with Crippen LogP contribution in [0.3, 0.4) is 0 Å². The van der Waals surface area contributed by atoms with Gasteiger partial charge in [-0.25, -0.2) is 9.78 Å². The summed E-state index contributed by atoms with van der Waals surface area (Å²) < 4.78 is 19.7. The van der Waals surface area contributed by atoms with Crippen molar-refractivity contribution in [2.75, 3.05) is 13.2 Å². The first-order valence-corrected chi connectivity index (χ1v) is 14.6. The van der Waals surface area contributed by atoms with Crippen LogP contribution in [-0.4, -0.2) is 45.3 Å². The normalized spacial score (nSPS) is 17.2. The number of fused-ring (bicyclic) bond motifs is 2. The fourth-order valence-corrected chi connectivity index (χ4v) is 5.62. The van der Waals surface area contributed by atoms with Crippen molar-refractivity contribution in [3.63, 3.8) is 0 Å². The van der Waals surface area contributed by atoms with E-state index in [0.29, 0.717) is 23.7 Å². The van der Waals surface area contributed by atoms with Gasteiger partial charge in [-0.3, -0.25) is 4.90 Å². The van der Waals surface area contributed by atoms with Gasteiger partial charge in [0.25, 0.3) is 0 Å². The number of esters is 1. The molecule has 3 aromatic carbocycles. The molecule has 7 nitrogen and oxygen atoms in total. The molecule has 1 aromatic heterocycles. The molecule has 0 amide bonds. The molecule has 1 saturated heterocycles. The van der Waals surface area contributed by atoms with Crippen LogP contribution in [0.2, 0.25) is 5.02 Å². The number of halogens is 1. The lowest BCUT2D eigenvalue weighted by Crippen LogP contribution is -2.34. The van der Waals surface area contributed by atoms with Crippen LogP contribution >= 0.6 is 11.6 Å². The number of aromatic nitrogens is 2. The molecule has 2 aliphatic rings. The molecule has 6 rings (SSSR count). The summed E-state index contributed by atoms with van der Waals surface area (Å²) in [6.45, 7) is 10.1. The molecule has 1 fully saturated rings. The van der Waals surface area contributed by atoms with Crippen molar-refractivity contribution in [3.05, 3.63) is 93.8 Å². The Bertz CT molecular complexity index is 1570.